The van der Waals surface area contributed by atoms with Gasteiger partial charge in [-0.25, -0.2) is 0 Å². The van der Waals surface area contributed by atoms with E-state index in [0.29, 0.717) is 17.1 Å². The topological polar surface area (TPSA) is 8.17 Å². The first-order valence-corrected chi connectivity index (χ1v) is 9.60. The van der Waals surface area contributed by atoms with Crippen molar-refractivity contribution in [2.75, 3.05) is 6.54 Å². The molecule has 2 nitrogen and oxygen atoms in total. The van der Waals surface area contributed by atoms with Crippen molar-refractivity contribution in [3.05, 3.63) is 94.3 Å². The van der Waals surface area contributed by atoms with Gasteiger partial charge in [-0.1, -0.05) is 35.9 Å². The van der Waals surface area contributed by atoms with Crippen LogP contribution in [0.4, 0.5) is 13.2 Å². The normalized spacial score (nSPS) is 17.9. The van der Waals surface area contributed by atoms with Crippen LogP contribution in [0.3, 0.4) is 0 Å². The van der Waals surface area contributed by atoms with Crippen LogP contribution in [0.25, 0.3) is 0 Å². The van der Waals surface area contributed by atoms with E-state index in [1.165, 1.54) is 12.1 Å². The summed E-state index contributed by atoms with van der Waals surface area (Å²) in [4.78, 5) is 2.25. The lowest BCUT2D eigenvalue weighted by Gasteiger charge is -2.31. The zero-order chi connectivity index (χ0) is 19.7. The van der Waals surface area contributed by atoms with E-state index in [9.17, 15) is 13.2 Å². The number of benzene rings is 2. The van der Waals surface area contributed by atoms with Gasteiger partial charge in [-0.05, 0) is 53.9 Å². The van der Waals surface area contributed by atoms with Crippen LogP contribution in [-0.4, -0.2) is 16.0 Å². The minimum atomic E-state index is -4.36. The number of aromatic nitrogens is 1. The third-order valence-corrected chi connectivity index (χ3v) is 5.43. The second-order valence-corrected chi connectivity index (χ2v) is 7.54. The number of halogens is 4. The quantitative estimate of drug-likeness (QED) is 0.508. The molecule has 3 aromatic rings. The fourth-order valence-electron chi connectivity index (χ4n) is 3.90. The maximum atomic E-state index is 13.3. The summed E-state index contributed by atoms with van der Waals surface area (Å²) in [5.74, 6) is 0. The van der Waals surface area contributed by atoms with Crippen LogP contribution in [0.1, 0.15) is 34.8 Å². The van der Waals surface area contributed by atoms with E-state index in [1.54, 1.807) is 6.07 Å². The Hall–Kier alpha value is -2.24. The molecule has 0 fully saturated rings. The van der Waals surface area contributed by atoms with Crippen molar-refractivity contribution in [3.63, 3.8) is 0 Å². The summed E-state index contributed by atoms with van der Waals surface area (Å²) >= 11 is 5.99. The Kier molecular flexibility index (Phi) is 5.21. The van der Waals surface area contributed by atoms with Crippen molar-refractivity contribution < 1.29 is 13.2 Å². The number of aryl methyl sites for hydroxylation is 1. The molecule has 6 heteroatoms. The van der Waals surface area contributed by atoms with E-state index in [1.807, 2.05) is 42.6 Å². The molecule has 4 rings (SSSR count). The van der Waals surface area contributed by atoms with Gasteiger partial charge < -0.3 is 4.57 Å². The maximum Gasteiger partial charge on any atom is 0.416 e. The van der Waals surface area contributed by atoms with Crippen molar-refractivity contribution >= 4 is 11.6 Å². The molecule has 1 aromatic heterocycles. The first-order chi connectivity index (χ1) is 13.4. The average Bonchev–Trinajstić information content (AvgIpc) is 3.04. The molecule has 0 saturated carbocycles. The molecule has 0 bridgehead atoms. The maximum absolute atomic E-state index is 13.3. The fraction of sp³-hybridized carbons (Fsp3) is 0.273. The molecule has 0 spiro atoms. The molecule has 2 heterocycles. The predicted molar refractivity (Wildman–Crippen MR) is 104 cm³/mol. The van der Waals surface area contributed by atoms with E-state index >= 15 is 0 Å². The monoisotopic (exact) mass is 404 g/mol. The number of alkyl halides is 3. The van der Waals surface area contributed by atoms with Gasteiger partial charge in [0, 0.05) is 36.5 Å². The van der Waals surface area contributed by atoms with Crippen LogP contribution in [0.5, 0.6) is 0 Å². The van der Waals surface area contributed by atoms with E-state index in [0.717, 1.165) is 36.8 Å². The van der Waals surface area contributed by atoms with Crippen molar-refractivity contribution in [2.24, 2.45) is 0 Å². The second-order valence-electron chi connectivity index (χ2n) is 7.10. The molecule has 28 heavy (non-hydrogen) atoms. The molecule has 1 aliphatic heterocycles. The summed E-state index contributed by atoms with van der Waals surface area (Å²) in [6, 6.07) is 17.0. The van der Waals surface area contributed by atoms with Gasteiger partial charge >= 0.3 is 6.18 Å². The van der Waals surface area contributed by atoms with Crippen LogP contribution >= 0.6 is 11.6 Å². The van der Waals surface area contributed by atoms with Gasteiger partial charge in [-0.15, -0.1) is 0 Å². The SMILES string of the molecule is FC(F)(F)c1cccc(C2c3cccn3CCCN2Cc2ccc(Cl)cc2)c1. The predicted octanol–water partition coefficient (Wildman–Crippen LogP) is 6.16. The number of hydrogen-bond acceptors (Lipinski definition) is 1. The molecule has 0 radical (unpaired) electrons. The van der Waals surface area contributed by atoms with Gasteiger partial charge in [0.25, 0.3) is 0 Å². The van der Waals surface area contributed by atoms with Crippen LogP contribution in [0, 0.1) is 0 Å². The van der Waals surface area contributed by atoms with Gasteiger partial charge in [0.05, 0.1) is 11.6 Å². The highest BCUT2D eigenvalue weighted by Crippen LogP contribution is 2.36. The van der Waals surface area contributed by atoms with Gasteiger partial charge in [0.2, 0.25) is 0 Å². The standard InChI is InChI=1S/C22H20ClF3N2/c23-19-9-7-16(8-10-19)15-28-13-3-12-27-11-2-6-20(27)21(28)17-4-1-5-18(14-17)22(24,25)26/h1-2,4-11,14,21H,3,12-13,15H2. The van der Waals surface area contributed by atoms with Gasteiger partial charge in [0.1, 0.15) is 0 Å². The van der Waals surface area contributed by atoms with E-state index in [4.69, 9.17) is 11.6 Å². The number of fused-ring (bicyclic) bond motifs is 1. The molecule has 0 aliphatic carbocycles. The first kappa shape index (κ1) is 19.1. The lowest BCUT2D eigenvalue weighted by Crippen LogP contribution is -2.29. The molecule has 1 atom stereocenters. The molecule has 0 saturated heterocycles. The number of rotatable bonds is 3. The Bertz CT molecular complexity index is 947. The highest BCUT2D eigenvalue weighted by Gasteiger charge is 2.33. The first-order valence-electron chi connectivity index (χ1n) is 9.22. The molecular formula is C22H20ClF3N2. The summed E-state index contributed by atoms with van der Waals surface area (Å²) in [7, 11) is 0. The largest absolute Gasteiger partial charge is 0.416 e. The van der Waals surface area contributed by atoms with Crippen molar-refractivity contribution in [1.82, 2.24) is 9.47 Å². The third kappa shape index (κ3) is 3.96. The highest BCUT2D eigenvalue weighted by molar-refractivity contribution is 6.30. The Morgan fingerprint density at radius 1 is 0.964 bits per heavy atom. The Morgan fingerprint density at radius 3 is 2.50 bits per heavy atom. The molecule has 1 aliphatic rings. The van der Waals surface area contributed by atoms with Crippen molar-refractivity contribution in [1.29, 1.82) is 0 Å². The summed E-state index contributed by atoms with van der Waals surface area (Å²) in [6.07, 6.45) is -1.42. The number of nitrogens with zero attached hydrogens (tertiary/aromatic N) is 2. The van der Waals surface area contributed by atoms with Gasteiger partial charge in [-0.2, -0.15) is 13.2 Å². The van der Waals surface area contributed by atoms with Crippen molar-refractivity contribution in [2.45, 2.75) is 31.7 Å². The second kappa shape index (κ2) is 7.64. The fourth-order valence-corrected chi connectivity index (χ4v) is 4.03. The zero-order valence-corrected chi connectivity index (χ0v) is 15.9. The molecule has 2 aromatic carbocycles. The minimum absolute atomic E-state index is 0.240. The molecule has 146 valence electrons. The van der Waals surface area contributed by atoms with E-state index < -0.39 is 11.7 Å². The van der Waals surface area contributed by atoms with Crippen LogP contribution in [0.2, 0.25) is 5.02 Å². The zero-order valence-electron chi connectivity index (χ0n) is 15.2. The van der Waals surface area contributed by atoms with E-state index in [2.05, 4.69) is 9.47 Å². The number of hydrogen-bond donors (Lipinski definition) is 0. The Labute approximate surface area is 167 Å². The molecule has 1 unspecified atom stereocenters. The summed E-state index contributed by atoms with van der Waals surface area (Å²) in [5.41, 5.74) is 2.15. The third-order valence-electron chi connectivity index (χ3n) is 5.18. The van der Waals surface area contributed by atoms with Crippen LogP contribution in [0.15, 0.2) is 66.9 Å². The summed E-state index contributed by atoms with van der Waals surface area (Å²) in [5, 5.41) is 0.669. The lowest BCUT2D eigenvalue weighted by atomic mass is 9.98. The van der Waals surface area contributed by atoms with E-state index in [-0.39, 0.29) is 6.04 Å². The lowest BCUT2D eigenvalue weighted by molar-refractivity contribution is -0.137. The van der Waals surface area contributed by atoms with Gasteiger partial charge in [-0.3, -0.25) is 4.90 Å². The molecule has 0 amide bonds. The highest BCUT2D eigenvalue weighted by atomic mass is 35.5. The summed E-state index contributed by atoms with van der Waals surface area (Å²) < 4.78 is 42.1. The minimum Gasteiger partial charge on any atom is -0.350 e. The Balaban J connectivity index is 1.75. The average molecular weight is 405 g/mol. The summed E-state index contributed by atoms with van der Waals surface area (Å²) in [6.45, 7) is 2.30. The Morgan fingerprint density at radius 2 is 1.75 bits per heavy atom. The molecular weight excluding hydrogens is 385 g/mol. The van der Waals surface area contributed by atoms with Gasteiger partial charge in [0.15, 0.2) is 0 Å². The van der Waals surface area contributed by atoms with Crippen LogP contribution in [-0.2, 0) is 19.3 Å². The van der Waals surface area contributed by atoms with Crippen LogP contribution < -0.4 is 0 Å². The molecule has 0 N–H and O–H groups in total. The smallest absolute Gasteiger partial charge is 0.350 e. The van der Waals surface area contributed by atoms with Crippen molar-refractivity contribution in [3.8, 4) is 0 Å².